The lowest BCUT2D eigenvalue weighted by molar-refractivity contribution is -0.137. The van der Waals surface area contributed by atoms with E-state index in [1.807, 2.05) is 0 Å². The van der Waals surface area contributed by atoms with Gasteiger partial charge in [-0.15, -0.1) is 0 Å². The highest BCUT2D eigenvalue weighted by atomic mass is 19.4. The molecule has 0 bridgehead atoms. The Morgan fingerprint density at radius 1 is 1.23 bits per heavy atom. The average Bonchev–Trinajstić information content (AvgIpc) is 2.45. The number of halogens is 3. The Hall–Kier alpha value is -3.00. The van der Waals surface area contributed by atoms with Crippen molar-refractivity contribution in [3.8, 4) is 12.1 Å². The molecule has 0 spiro atoms. The largest absolute Gasteiger partial charge is 0.511 e. The maximum Gasteiger partial charge on any atom is 0.416 e. The molecule has 5 nitrogen and oxygen atoms in total. The van der Waals surface area contributed by atoms with Crippen molar-refractivity contribution in [2.45, 2.75) is 19.0 Å². The van der Waals surface area contributed by atoms with Crippen molar-refractivity contribution in [2.75, 3.05) is 5.32 Å². The van der Waals surface area contributed by atoms with Crippen LogP contribution in [-0.4, -0.2) is 11.0 Å². The van der Waals surface area contributed by atoms with E-state index in [4.69, 9.17) is 10.5 Å². The topological polar surface area (TPSA) is 96.9 Å². The molecule has 1 aromatic carbocycles. The first-order valence-electron chi connectivity index (χ1n) is 5.97. The van der Waals surface area contributed by atoms with Crippen molar-refractivity contribution in [1.82, 2.24) is 0 Å². The SMILES string of the molecule is N#CCC/C(O)=C(\C#N)C(=O)Nc1ccc(C(F)(F)F)cc1. The minimum absolute atomic E-state index is 0.0406. The van der Waals surface area contributed by atoms with Gasteiger partial charge in [-0.3, -0.25) is 4.79 Å². The number of nitrogens with zero attached hydrogens (tertiary/aromatic N) is 2. The standard InChI is InChI=1S/C14H10F3N3O2/c15-14(16,17)9-3-5-10(6-4-9)20-13(22)11(8-19)12(21)2-1-7-18/h3-6,21H,1-2H2,(H,20,22)/b12-11-. The van der Waals surface area contributed by atoms with Gasteiger partial charge in [0.15, 0.2) is 5.57 Å². The van der Waals surface area contributed by atoms with Gasteiger partial charge in [0.1, 0.15) is 11.8 Å². The number of hydrogen-bond acceptors (Lipinski definition) is 4. The minimum Gasteiger partial charge on any atom is -0.511 e. The first-order valence-corrected chi connectivity index (χ1v) is 5.97. The van der Waals surface area contributed by atoms with Crippen LogP contribution in [0.1, 0.15) is 18.4 Å². The Balaban J connectivity index is 2.88. The molecule has 0 aliphatic carbocycles. The van der Waals surface area contributed by atoms with Crippen LogP contribution in [0.3, 0.4) is 0 Å². The summed E-state index contributed by atoms with van der Waals surface area (Å²) in [5, 5.41) is 28.9. The van der Waals surface area contributed by atoms with Crippen LogP contribution in [0.15, 0.2) is 35.6 Å². The van der Waals surface area contributed by atoms with E-state index in [0.717, 1.165) is 24.3 Å². The van der Waals surface area contributed by atoms with Crippen LogP contribution in [0.2, 0.25) is 0 Å². The summed E-state index contributed by atoms with van der Waals surface area (Å²) in [6, 6.07) is 6.86. The van der Waals surface area contributed by atoms with E-state index >= 15 is 0 Å². The van der Waals surface area contributed by atoms with Gasteiger partial charge in [-0.25, -0.2) is 0 Å². The number of alkyl halides is 3. The second-order valence-corrected chi connectivity index (χ2v) is 4.12. The molecule has 1 aromatic rings. The summed E-state index contributed by atoms with van der Waals surface area (Å²) >= 11 is 0. The van der Waals surface area contributed by atoms with Gasteiger partial charge < -0.3 is 10.4 Å². The van der Waals surface area contributed by atoms with Crippen LogP contribution in [0.5, 0.6) is 0 Å². The van der Waals surface area contributed by atoms with Gasteiger partial charge in [-0.05, 0) is 24.3 Å². The highest BCUT2D eigenvalue weighted by Gasteiger charge is 2.30. The molecule has 0 radical (unpaired) electrons. The van der Waals surface area contributed by atoms with E-state index in [1.165, 1.54) is 6.07 Å². The molecular weight excluding hydrogens is 299 g/mol. The molecule has 0 atom stereocenters. The first-order chi connectivity index (χ1) is 10.3. The molecule has 0 saturated heterocycles. The number of nitrogens with one attached hydrogen (secondary N) is 1. The normalized spacial score (nSPS) is 11.9. The highest BCUT2D eigenvalue weighted by molar-refractivity contribution is 6.06. The Labute approximate surface area is 123 Å². The molecule has 22 heavy (non-hydrogen) atoms. The van der Waals surface area contributed by atoms with Crippen LogP contribution in [0.25, 0.3) is 0 Å². The molecule has 1 rings (SSSR count). The average molecular weight is 309 g/mol. The summed E-state index contributed by atoms with van der Waals surface area (Å²) < 4.78 is 37.2. The van der Waals surface area contributed by atoms with Gasteiger partial charge in [-0.2, -0.15) is 23.7 Å². The quantitative estimate of drug-likeness (QED) is 0.506. The number of aliphatic hydroxyl groups is 1. The summed E-state index contributed by atoms with van der Waals surface area (Å²) in [6.07, 6.45) is -4.74. The predicted octanol–water partition coefficient (Wildman–Crippen LogP) is 3.28. The number of anilines is 1. The summed E-state index contributed by atoms with van der Waals surface area (Å²) in [5.74, 6) is -1.51. The summed E-state index contributed by atoms with van der Waals surface area (Å²) in [4.78, 5) is 11.8. The summed E-state index contributed by atoms with van der Waals surface area (Å²) in [6.45, 7) is 0. The third kappa shape index (κ3) is 4.53. The Morgan fingerprint density at radius 3 is 2.27 bits per heavy atom. The summed E-state index contributed by atoms with van der Waals surface area (Å²) in [7, 11) is 0. The Morgan fingerprint density at radius 2 is 1.82 bits per heavy atom. The highest BCUT2D eigenvalue weighted by Crippen LogP contribution is 2.29. The third-order valence-corrected chi connectivity index (χ3v) is 2.57. The first kappa shape index (κ1) is 17.1. The van der Waals surface area contributed by atoms with Gasteiger partial charge in [0.2, 0.25) is 0 Å². The molecule has 0 aliphatic rings. The molecule has 0 unspecified atom stereocenters. The van der Waals surface area contributed by atoms with Gasteiger partial charge in [0, 0.05) is 18.5 Å². The third-order valence-electron chi connectivity index (χ3n) is 2.57. The maximum absolute atomic E-state index is 12.4. The van der Waals surface area contributed by atoms with Crippen LogP contribution in [0, 0.1) is 22.7 Å². The maximum atomic E-state index is 12.4. The fourth-order valence-electron chi connectivity index (χ4n) is 1.48. The number of allylic oxidation sites excluding steroid dienone is 1. The van der Waals surface area contributed by atoms with Gasteiger partial charge in [0.25, 0.3) is 5.91 Å². The summed E-state index contributed by atoms with van der Waals surface area (Å²) in [5.41, 5.74) is -1.42. The second-order valence-electron chi connectivity index (χ2n) is 4.12. The van der Waals surface area contributed by atoms with E-state index in [2.05, 4.69) is 5.32 Å². The molecule has 0 aromatic heterocycles. The fraction of sp³-hybridized carbons (Fsp3) is 0.214. The van der Waals surface area contributed by atoms with Crippen molar-refractivity contribution < 1.29 is 23.1 Å². The lowest BCUT2D eigenvalue weighted by atomic mass is 10.1. The zero-order valence-electron chi connectivity index (χ0n) is 11.1. The number of nitriles is 2. The van der Waals surface area contributed by atoms with Crippen molar-refractivity contribution in [2.24, 2.45) is 0 Å². The number of amides is 1. The molecule has 0 heterocycles. The zero-order valence-corrected chi connectivity index (χ0v) is 11.1. The monoisotopic (exact) mass is 309 g/mol. The number of aliphatic hydroxyl groups excluding tert-OH is 1. The number of hydrogen-bond donors (Lipinski definition) is 2. The molecule has 114 valence electrons. The van der Waals surface area contributed by atoms with Gasteiger partial charge in [-0.1, -0.05) is 0 Å². The lowest BCUT2D eigenvalue weighted by Gasteiger charge is -2.09. The van der Waals surface area contributed by atoms with Gasteiger partial charge in [0.05, 0.1) is 11.6 Å². The smallest absolute Gasteiger partial charge is 0.416 e. The molecule has 0 saturated carbocycles. The number of rotatable bonds is 4. The van der Waals surface area contributed by atoms with E-state index < -0.39 is 29.0 Å². The number of carbonyl (C=O) groups excluding carboxylic acids is 1. The number of carbonyl (C=O) groups is 1. The second kappa shape index (κ2) is 7.14. The fourth-order valence-corrected chi connectivity index (χ4v) is 1.48. The molecule has 1 amide bonds. The van der Waals surface area contributed by atoms with E-state index in [1.54, 1.807) is 6.07 Å². The minimum atomic E-state index is -4.49. The van der Waals surface area contributed by atoms with Crippen molar-refractivity contribution in [1.29, 1.82) is 10.5 Å². The van der Waals surface area contributed by atoms with Crippen molar-refractivity contribution >= 4 is 11.6 Å². The Kier molecular flexibility index (Phi) is 5.53. The number of benzene rings is 1. The van der Waals surface area contributed by atoms with Crippen molar-refractivity contribution in [3.05, 3.63) is 41.2 Å². The van der Waals surface area contributed by atoms with E-state index in [-0.39, 0.29) is 18.5 Å². The van der Waals surface area contributed by atoms with Crippen LogP contribution in [-0.2, 0) is 11.0 Å². The lowest BCUT2D eigenvalue weighted by Crippen LogP contribution is -2.15. The van der Waals surface area contributed by atoms with E-state index in [9.17, 15) is 23.1 Å². The van der Waals surface area contributed by atoms with Gasteiger partial charge >= 0.3 is 6.18 Å². The Bertz CT molecular complexity index is 665. The molecular formula is C14H10F3N3O2. The van der Waals surface area contributed by atoms with Crippen LogP contribution >= 0.6 is 0 Å². The van der Waals surface area contributed by atoms with Crippen LogP contribution < -0.4 is 5.32 Å². The molecule has 2 N–H and O–H groups in total. The van der Waals surface area contributed by atoms with E-state index in [0.29, 0.717) is 0 Å². The van der Waals surface area contributed by atoms with Crippen LogP contribution in [0.4, 0.5) is 18.9 Å². The molecule has 0 fully saturated rings. The molecule has 8 heteroatoms. The zero-order chi connectivity index (χ0) is 16.8. The van der Waals surface area contributed by atoms with Crippen molar-refractivity contribution in [3.63, 3.8) is 0 Å². The molecule has 0 aliphatic heterocycles. The predicted molar refractivity (Wildman–Crippen MR) is 70.2 cm³/mol.